The van der Waals surface area contributed by atoms with Crippen molar-refractivity contribution in [3.8, 4) is 0 Å². The molecule has 0 spiro atoms. The summed E-state index contributed by atoms with van der Waals surface area (Å²) >= 11 is 0. The Hall–Kier alpha value is -4.54. The zero-order valence-electron chi connectivity index (χ0n) is 62.6. The number of aliphatic hydroxyl groups excluding tert-OH is 1. The molecule has 0 heterocycles. The van der Waals surface area contributed by atoms with Crippen molar-refractivity contribution in [2.75, 3.05) is 39.6 Å². The van der Waals surface area contributed by atoms with E-state index < -0.39 is 97.5 Å². The second kappa shape index (κ2) is 72.8. The van der Waals surface area contributed by atoms with E-state index in [1.165, 1.54) is 51.4 Å². The van der Waals surface area contributed by atoms with Crippen LogP contribution in [0.4, 0.5) is 0 Å². The van der Waals surface area contributed by atoms with Crippen molar-refractivity contribution in [1.82, 2.24) is 0 Å². The van der Waals surface area contributed by atoms with E-state index in [4.69, 9.17) is 37.0 Å². The summed E-state index contributed by atoms with van der Waals surface area (Å²) in [6, 6.07) is 0. The highest BCUT2D eigenvalue weighted by molar-refractivity contribution is 7.47. The van der Waals surface area contributed by atoms with Crippen LogP contribution in [0.25, 0.3) is 0 Å². The Labute approximate surface area is 606 Å². The first-order valence-electron chi connectivity index (χ1n) is 38.8. The molecule has 0 amide bonds. The lowest BCUT2D eigenvalue weighted by Crippen LogP contribution is -2.30. The van der Waals surface area contributed by atoms with E-state index in [2.05, 4.69) is 137 Å². The minimum atomic E-state index is -4.99. The molecule has 0 radical (unpaired) electrons. The fraction of sp³-hybridized carbons (Fsp3) is 0.704. The normalized spacial score (nSPS) is 14.6. The van der Waals surface area contributed by atoms with Gasteiger partial charge in [0.15, 0.2) is 12.2 Å². The van der Waals surface area contributed by atoms with Gasteiger partial charge in [-0.15, -0.1) is 0 Å². The first-order valence-corrected chi connectivity index (χ1v) is 41.8. The van der Waals surface area contributed by atoms with Gasteiger partial charge in [0, 0.05) is 25.7 Å². The fourth-order valence-electron chi connectivity index (χ4n) is 10.0. The monoisotopic (exact) mass is 1440 g/mol. The second-order valence-corrected chi connectivity index (χ2v) is 28.4. The van der Waals surface area contributed by atoms with Gasteiger partial charge in [-0.25, -0.2) is 9.13 Å². The smallest absolute Gasteiger partial charge is 0.462 e. The molecule has 0 aromatic rings. The molecule has 17 nitrogen and oxygen atoms in total. The molecule has 0 bridgehead atoms. The highest BCUT2D eigenvalue weighted by Crippen LogP contribution is 2.45. The predicted molar refractivity (Wildman–Crippen MR) is 408 cm³/mol. The number of aliphatic hydroxyl groups is 1. The van der Waals surface area contributed by atoms with Gasteiger partial charge in [0.05, 0.1) is 26.4 Å². The van der Waals surface area contributed by atoms with Crippen molar-refractivity contribution in [3.63, 3.8) is 0 Å². The Morgan fingerprint density at radius 2 is 0.540 bits per heavy atom. The van der Waals surface area contributed by atoms with Crippen molar-refractivity contribution >= 4 is 39.5 Å². The van der Waals surface area contributed by atoms with E-state index in [0.717, 1.165) is 173 Å². The van der Waals surface area contributed by atoms with Gasteiger partial charge in [0.25, 0.3) is 0 Å². The van der Waals surface area contributed by atoms with Gasteiger partial charge in [-0.3, -0.25) is 37.3 Å². The highest BCUT2D eigenvalue weighted by Gasteiger charge is 2.30. The van der Waals surface area contributed by atoms with E-state index in [-0.39, 0.29) is 25.7 Å². The van der Waals surface area contributed by atoms with Crippen molar-refractivity contribution in [2.45, 2.75) is 329 Å². The Morgan fingerprint density at radius 1 is 0.290 bits per heavy atom. The Balaban J connectivity index is 5.38. The Kier molecular flexibility index (Phi) is 69.5. The molecule has 100 heavy (non-hydrogen) atoms. The van der Waals surface area contributed by atoms with Gasteiger partial charge in [0.2, 0.25) is 0 Å². The molecular formula is C81H138O17P2. The first-order chi connectivity index (χ1) is 48.7. The second-order valence-electron chi connectivity index (χ2n) is 25.5. The quantitative estimate of drug-likeness (QED) is 0.0169. The Bertz CT molecular complexity index is 2370. The van der Waals surface area contributed by atoms with Gasteiger partial charge < -0.3 is 33.8 Å². The van der Waals surface area contributed by atoms with Crippen molar-refractivity contribution in [1.29, 1.82) is 0 Å². The number of unbranched alkanes of at least 4 members (excludes halogenated alkanes) is 26. The van der Waals surface area contributed by atoms with Gasteiger partial charge in [-0.05, 0) is 141 Å². The number of phosphoric acid groups is 2. The van der Waals surface area contributed by atoms with Crippen LogP contribution in [-0.4, -0.2) is 96.7 Å². The van der Waals surface area contributed by atoms with E-state index in [0.29, 0.717) is 32.1 Å². The average molecular weight is 1450 g/mol. The van der Waals surface area contributed by atoms with Crippen molar-refractivity contribution in [3.05, 3.63) is 122 Å². The van der Waals surface area contributed by atoms with Crippen LogP contribution in [0.5, 0.6) is 0 Å². The molecule has 0 saturated heterocycles. The predicted octanol–water partition coefficient (Wildman–Crippen LogP) is 22.3. The number of hydrogen-bond acceptors (Lipinski definition) is 15. The molecule has 19 heteroatoms. The maximum Gasteiger partial charge on any atom is 0.472 e. The molecule has 5 atom stereocenters. The van der Waals surface area contributed by atoms with Crippen LogP contribution in [0, 0.1) is 0 Å². The molecule has 0 aromatic heterocycles. The number of carbonyl (C=O) groups excluding carboxylic acids is 4. The Morgan fingerprint density at radius 3 is 0.880 bits per heavy atom. The standard InChI is InChI=1S/C81H138O17P2/c1-5-9-13-17-21-25-29-32-35-37-40-42-46-49-53-57-61-65-78(83)91-71-76(97-80(85)67-63-59-55-51-45-28-24-20-16-12-8-4)73-95-99(87,88)93-69-75(82)70-94-100(89,90)96-74-77(98-81(86)68-64-60-56-52-48-44-39-34-31-27-23-19-15-11-7-3)72-92-79(84)66-62-58-54-50-47-43-41-38-36-33-30-26-22-18-14-10-6-2/h9-10,13-14,20-22,24-26,32-36,39-40,42,49,53,75-77,82H,5-8,11-12,15-19,23,27-31,37-38,41,43-48,50-52,54-74H2,1-4H3,(H,87,88)(H,89,90)/b13-9-,14-10-,24-20-,25-21-,26-22-,35-32-,36-33-,39-34-,42-40-,53-49-. The fourth-order valence-corrected chi connectivity index (χ4v) is 11.6. The van der Waals surface area contributed by atoms with Crippen LogP contribution in [0.1, 0.15) is 310 Å². The minimum absolute atomic E-state index is 0.0701. The van der Waals surface area contributed by atoms with Gasteiger partial charge in [0.1, 0.15) is 19.3 Å². The van der Waals surface area contributed by atoms with E-state index in [9.17, 15) is 43.2 Å². The van der Waals surface area contributed by atoms with Crippen LogP contribution in [0.2, 0.25) is 0 Å². The molecule has 0 fully saturated rings. The summed E-state index contributed by atoms with van der Waals surface area (Å²) in [5.41, 5.74) is 0. The number of esters is 4. The summed E-state index contributed by atoms with van der Waals surface area (Å²) < 4.78 is 68.4. The van der Waals surface area contributed by atoms with Crippen LogP contribution in [0.15, 0.2) is 122 Å². The third kappa shape index (κ3) is 71.8. The molecule has 0 aliphatic carbocycles. The first kappa shape index (κ1) is 95.5. The average Bonchev–Trinajstić information content (AvgIpc) is 0.989. The lowest BCUT2D eigenvalue weighted by molar-refractivity contribution is -0.161. The maximum absolute atomic E-state index is 13.1. The summed E-state index contributed by atoms with van der Waals surface area (Å²) in [7, 11) is -9.97. The van der Waals surface area contributed by atoms with Crippen LogP contribution >= 0.6 is 15.6 Å². The molecule has 0 aliphatic heterocycles. The van der Waals surface area contributed by atoms with Crippen LogP contribution in [-0.2, 0) is 65.4 Å². The highest BCUT2D eigenvalue weighted by atomic mass is 31.2. The molecule has 0 saturated carbocycles. The van der Waals surface area contributed by atoms with Gasteiger partial charge in [-0.2, -0.15) is 0 Å². The number of rotatable bonds is 72. The molecule has 574 valence electrons. The molecular weight excluding hydrogens is 1310 g/mol. The van der Waals surface area contributed by atoms with Crippen LogP contribution < -0.4 is 0 Å². The SMILES string of the molecule is CC/C=C\C/C=C\C/C=C\C/C=C\C/C=C\CCCC(=O)OCC(COP(=O)(O)OCC(O)COP(=O)(O)OCC(COC(=O)CCCCCCCCC/C=C\C/C=C\C/C=C\CC)OC(=O)CCCCCCC/C=C\CCCCCCCC)OC(=O)CCCCCCC/C=C\CCCC. The summed E-state index contributed by atoms with van der Waals surface area (Å²) in [6.45, 7) is 4.52. The van der Waals surface area contributed by atoms with Gasteiger partial charge >= 0.3 is 39.5 Å². The summed E-state index contributed by atoms with van der Waals surface area (Å²) in [6.07, 6.45) is 79.1. The summed E-state index contributed by atoms with van der Waals surface area (Å²) in [4.78, 5) is 72.9. The molecule has 0 rings (SSSR count). The summed E-state index contributed by atoms with van der Waals surface area (Å²) in [5.74, 6) is -2.27. The van der Waals surface area contributed by atoms with E-state index in [1.807, 2.05) is 12.2 Å². The lowest BCUT2D eigenvalue weighted by atomic mass is 10.1. The number of ether oxygens (including phenoxy) is 4. The molecule has 0 aliphatic rings. The zero-order chi connectivity index (χ0) is 73.2. The number of allylic oxidation sites excluding steroid dienone is 20. The maximum atomic E-state index is 13.1. The third-order valence-corrected chi connectivity index (χ3v) is 17.8. The van der Waals surface area contributed by atoms with Crippen LogP contribution in [0.3, 0.4) is 0 Å². The van der Waals surface area contributed by atoms with Crippen molar-refractivity contribution < 1.29 is 80.2 Å². The largest absolute Gasteiger partial charge is 0.472 e. The van der Waals surface area contributed by atoms with E-state index >= 15 is 0 Å². The molecule has 5 unspecified atom stereocenters. The summed E-state index contributed by atoms with van der Waals surface area (Å²) in [5, 5.41) is 10.6. The van der Waals surface area contributed by atoms with Crippen molar-refractivity contribution in [2.24, 2.45) is 0 Å². The number of phosphoric ester groups is 2. The topological polar surface area (TPSA) is 237 Å². The minimum Gasteiger partial charge on any atom is -0.462 e. The third-order valence-electron chi connectivity index (χ3n) is 15.9. The van der Waals surface area contributed by atoms with Gasteiger partial charge in [-0.1, -0.05) is 265 Å². The number of hydrogen-bond donors (Lipinski definition) is 3. The number of carbonyl (C=O) groups is 4. The molecule has 0 aromatic carbocycles. The zero-order valence-corrected chi connectivity index (χ0v) is 64.4. The van der Waals surface area contributed by atoms with E-state index in [1.54, 1.807) is 0 Å². The lowest BCUT2D eigenvalue weighted by Gasteiger charge is -2.21. The molecule has 3 N–H and O–H groups in total.